The molecule has 0 saturated carbocycles. The van der Waals surface area contributed by atoms with Gasteiger partial charge in [-0.25, -0.2) is 0 Å². The van der Waals surface area contributed by atoms with E-state index in [2.05, 4.69) is 6.92 Å². The summed E-state index contributed by atoms with van der Waals surface area (Å²) < 4.78 is 0. The molecule has 0 aliphatic heterocycles. The van der Waals surface area contributed by atoms with E-state index in [0.29, 0.717) is 0 Å². The predicted molar refractivity (Wildman–Crippen MR) is 39.0 cm³/mol. The van der Waals surface area contributed by atoms with Gasteiger partial charge in [0.2, 0.25) is 0 Å². The van der Waals surface area contributed by atoms with Crippen LogP contribution >= 0.6 is 0 Å². The Morgan fingerprint density at radius 2 is 1.50 bits per heavy atom. The van der Waals surface area contributed by atoms with Gasteiger partial charge in [-0.1, -0.05) is 6.07 Å². The van der Waals surface area contributed by atoms with Crippen LogP contribution in [-0.2, 0) is 19.5 Å². The Morgan fingerprint density at radius 1 is 1.10 bits per heavy atom. The Kier molecular flexibility index (Phi) is 10.7. The fraction of sp³-hybridized carbons (Fsp3) is 0.125. The first kappa shape index (κ1) is 12.4. The van der Waals surface area contributed by atoms with Gasteiger partial charge >= 0.3 is 0 Å². The summed E-state index contributed by atoms with van der Waals surface area (Å²) in [7, 11) is 1.00. The largest absolute Gasteiger partial charge is 0.400 e. The van der Waals surface area contributed by atoms with Gasteiger partial charge in [-0.05, 0) is 0 Å². The molecule has 0 amide bonds. The van der Waals surface area contributed by atoms with E-state index in [1.54, 1.807) is 0 Å². The van der Waals surface area contributed by atoms with Crippen LogP contribution in [0.2, 0.25) is 0 Å². The van der Waals surface area contributed by atoms with Crippen LogP contribution in [0.5, 0.6) is 0 Å². The minimum Gasteiger partial charge on any atom is -0.400 e. The van der Waals surface area contributed by atoms with Gasteiger partial charge in [0, 0.05) is 26.6 Å². The first-order valence-corrected chi connectivity index (χ1v) is 2.71. The Balaban J connectivity index is 0. The fourth-order valence-electron chi connectivity index (χ4n) is 0.478. The fourth-order valence-corrected chi connectivity index (χ4v) is 0.478. The maximum atomic E-state index is 7.00. The monoisotopic (exact) mass is 187 g/mol. The molecular formula is C8H11OZn-. The molecule has 2 heteroatoms. The molecule has 1 aromatic carbocycles. The Hall–Kier alpha value is -0.327. The molecule has 0 fully saturated rings. The van der Waals surface area contributed by atoms with Crippen molar-refractivity contribution in [3.05, 3.63) is 42.8 Å². The molecule has 0 radical (unpaired) electrons. The second-order valence-electron chi connectivity index (χ2n) is 1.49. The molecule has 52 valence electrons. The number of hydrogen-bond acceptors (Lipinski definition) is 1. The molecule has 0 heterocycles. The predicted octanol–water partition coefficient (Wildman–Crippen LogP) is 1.47. The third kappa shape index (κ3) is 5.80. The van der Waals surface area contributed by atoms with Crippen molar-refractivity contribution >= 4 is 0 Å². The van der Waals surface area contributed by atoms with Crippen LogP contribution in [0.4, 0.5) is 0 Å². The first-order chi connectivity index (χ1) is 4.39. The van der Waals surface area contributed by atoms with Crippen LogP contribution in [0, 0.1) is 6.92 Å². The SMILES string of the molecule is CO.[CH2-]c1ccccc1.[Zn]. The summed E-state index contributed by atoms with van der Waals surface area (Å²) in [5.74, 6) is 0. The second kappa shape index (κ2) is 8.67. The molecule has 0 saturated heterocycles. The van der Waals surface area contributed by atoms with E-state index in [1.165, 1.54) is 0 Å². The maximum Gasteiger partial charge on any atom is 0.0319 e. The number of benzene rings is 1. The summed E-state index contributed by atoms with van der Waals surface area (Å²) in [6.07, 6.45) is 0. The number of hydrogen-bond donors (Lipinski definition) is 1. The molecule has 1 nitrogen and oxygen atoms in total. The van der Waals surface area contributed by atoms with Gasteiger partial charge < -0.3 is 5.11 Å². The van der Waals surface area contributed by atoms with Crippen molar-refractivity contribution in [3.8, 4) is 0 Å². The average molecular weight is 189 g/mol. The molecule has 10 heavy (non-hydrogen) atoms. The minimum absolute atomic E-state index is 0. The Morgan fingerprint density at radius 3 is 1.70 bits per heavy atom. The van der Waals surface area contributed by atoms with E-state index in [0.717, 1.165) is 12.7 Å². The van der Waals surface area contributed by atoms with Crippen LogP contribution in [0.3, 0.4) is 0 Å². The first-order valence-electron chi connectivity index (χ1n) is 2.71. The molecule has 1 N–H and O–H groups in total. The van der Waals surface area contributed by atoms with E-state index in [1.807, 2.05) is 30.3 Å². The molecule has 0 bridgehead atoms. The topological polar surface area (TPSA) is 20.2 Å². The van der Waals surface area contributed by atoms with Crippen LogP contribution in [0.25, 0.3) is 0 Å². The smallest absolute Gasteiger partial charge is 0.0319 e. The molecule has 0 unspecified atom stereocenters. The molecule has 1 aromatic rings. The van der Waals surface area contributed by atoms with E-state index in [-0.39, 0.29) is 19.5 Å². The van der Waals surface area contributed by atoms with Crippen molar-refractivity contribution in [2.75, 3.05) is 7.11 Å². The second-order valence-corrected chi connectivity index (χ2v) is 1.49. The third-order valence-electron chi connectivity index (χ3n) is 0.843. The van der Waals surface area contributed by atoms with Crippen molar-refractivity contribution in [1.29, 1.82) is 0 Å². The Labute approximate surface area is 74.8 Å². The van der Waals surface area contributed by atoms with E-state index >= 15 is 0 Å². The van der Waals surface area contributed by atoms with Crippen LogP contribution < -0.4 is 0 Å². The standard InChI is InChI=1S/C7H7.CH4O.Zn/c1-7-5-3-2-4-6-7;1-2;/h2-6H,1H2;2H,1H3;/q-1;;. The summed E-state index contributed by atoms with van der Waals surface area (Å²) in [5, 5.41) is 7.00. The number of rotatable bonds is 0. The molecule has 0 aromatic heterocycles. The summed E-state index contributed by atoms with van der Waals surface area (Å²) in [4.78, 5) is 0. The molecule has 0 atom stereocenters. The molecular weight excluding hydrogens is 177 g/mol. The molecule has 0 spiro atoms. The summed E-state index contributed by atoms with van der Waals surface area (Å²) >= 11 is 0. The van der Waals surface area contributed by atoms with E-state index in [9.17, 15) is 0 Å². The minimum atomic E-state index is 0. The summed E-state index contributed by atoms with van der Waals surface area (Å²) in [6, 6.07) is 9.87. The molecule has 1 rings (SSSR count). The van der Waals surface area contributed by atoms with Crippen molar-refractivity contribution in [3.63, 3.8) is 0 Å². The van der Waals surface area contributed by atoms with Crippen LogP contribution in [0.15, 0.2) is 30.3 Å². The van der Waals surface area contributed by atoms with Gasteiger partial charge in [0.25, 0.3) is 0 Å². The van der Waals surface area contributed by atoms with E-state index < -0.39 is 0 Å². The molecule has 0 aliphatic rings. The zero-order valence-corrected chi connectivity index (χ0v) is 9.22. The van der Waals surface area contributed by atoms with Gasteiger partial charge in [-0.3, -0.25) is 0 Å². The van der Waals surface area contributed by atoms with Crippen molar-refractivity contribution < 1.29 is 24.6 Å². The summed E-state index contributed by atoms with van der Waals surface area (Å²) in [6.45, 7) is 3.72. The van der Waals surface area contributed by atoms with Crippen LogP contribution in [-0.4, -0.2) is 12.2 Å². The summed E-state index contributed by atoms with van der Waals surface area (Å²) in [5.41, 5.74) is 1.07. The van der Waals surface area contributed by atoms with Crippen molar-refractivity contribution in [1.82, 2.24) is 0 Å². The van der Waals surface area contributed by atoms with Crippen LogP contribution in [0.1, 0.15) is 5.56 Å². The van der Waals surface area contributed by atoms with Gasteiger partial charge in [0.05, 0.1) is 0 Å². The molecule has 0 aliphatic carbocycles. The number of aliphatic hydroxyl groups is 1. The van der Waals surface area contributed by atoms with Gasteiger partial charge in [-0.2, -0.15) is 24.6 Å². The van der Waals surface area contributed by atoms with Gasteiger partial charge in [0.15, 0.2) is 0 Å². The van der Waals surface area contributed by atoms with Gasteiger partial charge in [-0.15, -0.1) is 12.1 Å². The zero-order valence-electron chi connectivity index (χ0n) is 6.25. The van der Waals surface area contributed by atoms with E-state index in [4.69, 9.17) is 5.11 Å². The van der Waals surface area contributed by atoms with Crippen molar-refractivity contribution in [2.45, 2.75) is 0 Å². The zero-order chi connectivity index (χ0) is 7.11. The quantitative estimate of drug-likeness (QED) is 0.483. The third-order valence-corrected chi connectivity index (χ3v) is 0.843. The Bertz CT molecular complexity index is 139. The van der Waals surface area contributed by atoms with Gasteiger partial charge in [0.1, 0.15) is 0 Å². The maximum absolute atomic E-state index is 7.00. The number of aliphatic hydroxyl groups excluding tert-OH is 1. The van der Waals surface area contributed by atoms with Crippen molar-refractivity contribution in [2.24, 2.45) is 0 Å². The average Bonchev–Trinajstić information content (AvgIpc) is 1.94. The normalized spacial score (nSPS) is 6.60.